The number of nitrogens with one attached hydrogen (secondary N) is 3. The number of carbonyl (C=O) groups is 2. The zero-order chi connectivity index (χ0) is 17.4. The zero-order valence-electron chi connectivity index (χ0n) is 13.6. The Hall–Kier alpha value is -2.35. The highest BCUT2D eigenvalue weighted by molar-refractivity contribution is 7.80. The second-order valence-corrected chi connectivity index (χ2v) is 5.89. The lowest BCUT2D eigenvalue weighted by molar-refractivity contribution is -0.135. The van der Waals surface area contributed by atoms with Crippen molar-refractivity contribution < 1.29 is 14.3 Å². The molecule has 8 heteroatoms. The van der Waals surface area contributed by atoms with Gasteiger partial charge in [-0.3, -0.25) is 20.4 Å². The van der Waals surface area contributed by atoms with E-state index in [0.29, 0.717) is 18.7 Å². The van der Waals surface area contributed by atoms with Gasteiger partial charge in [-0.2, -0.15) is 0 Å². The lowest BCUT2D eigenvalue weighted by atomic mass is 10.2. The van der Waals surface area contributed by atoms with Gasteiger partial charge in [-0.05, 0) is 37.2 Å². The van der Waals surface area contributed by atoms with Gasteiger partial charge in [-0.15, -0.1) is 0 Å². The first kappa shape index (κ1) is 18.0. The van der Waals surface area contributed by atoms with Crippen molar-refractivity contribution in [2.45, 2.75) is 25.7 Å². The Labute approximate surface area is 146 Å². The number of thiocarbonyl (C=S) groups is 1. The van der Waals surface area contributed by atoms with E-state index < -0.39 is 0 Å². The number of rotatable bonds is 4. The van der Waals surface area contributed by atoms with E-state index in [2.05, 4.69) is 16.2 Å². The summed E-state index contributed by atoms with van der Waals surface area (Å²) in [6.45, 7) is 0.659. The number of hydrogen-bond donors (Lipinski definition) is 3. The van der Waals surface area contributed by atoms with Gasteiger partial charge in [0.25, 0.3) is 5.91 Å². The Bertz CT molecular complexity index is 609. The van der Waals surface area contributed by atoms with E-state index in [1.165, 1.54) is 0 Å². The first-order valence-electron chi connectivity index (χ1n) is 7.86. The molecule has 0 unspecified atom stereocenters. The molecule has 0 atom stereocenters. The minimum atomic E-state index is -0.306. The van der Waals surface area contributed by atoms with Crippen LogP contribution in [0.3, 0.4) is 0 Å². The molecule has 1 aromatic rings. The molecular weight excluding hydrogens is 328 g/mol. The molecule has 1 aliphatic heterocycles. The van der Waals surface area contributed by atoms with Crippen LogP contribution in [0.5, 0.6) is 5.75 Å². The maximum absolute atomic E-state index is 12.0. The molecule has 0 spiro atoms. The van der Waals surface area contributed by atoms with Crippen LogP contribution in [0.2, 0.25) is 0 Å². The van der Waals surface area contributed by atoms with E-state index in [9.17, 15) is 9.59 Å². The average Bonchev–Trinajstić information content (AvgIpc) is 2.78. The topological polar surface area (TPSA) is 82.7 Å². The summed E-state index contributed by atoms with van der Waals surface area (Å²) in [7, 11) is 1.58. The molecule has 130 valence electrons. The Balaban J connectivity index is 1.76. The van der Waals surface area contributed by atoms with Crippen LogP contribution in [-0.2, 0) is 9.59 Å². The van der Waals surface area contributed by atoms with Crippen LogP contribution < -0.4 is 20.9 Å². The Kier molecular flexibility index (Phi) is 6.80. The second-order valence-electron chi connectivity index (χ2n) is 5.49. The quantitative estimate of drug-likeness (QED) is 0.563. The third-order valence-corrected chi connectivity index (χ3v) is 3.85. The van der Waals surface area contributed by atoms with Crippen LogP contribution in [-0.4, -0.2) is 42.0 Å². The highest BCUT2D eigenvalue weighted by atomic mass is 32.1. The third kappa shape index (κ3) is 5.69. The summed E-state index contributed by atoms with van der Waals surface area (Å²) in [6, 6.07) is 7.26. The molecular formula is C16H22N4O3S. The summed E-state index contributed by atoms with van der Waals surface area (Å²) in [6.07, 6.45) is 3.36. The number of likely N-dealkylation sites (tertiary alicyclic amines) is 1. The highest BCUT2D eigenvalue weighted by Gasteiger charge is 2.19. The molecule has 2 rings (SSSR count). The summed E-state index contributed by atoms with van der Waals surface area (Å²) >= 11 is 5.12. The van der Waals surface area contributed by atoms with E-state index in [1.807, 2.05) is 18.2 Å². The van der Waals surface area contributed by atoms with Crippen LogP contribution in [0.1, 0.15) is 25.7 Å². The van der Waals surface area contributed by atoms with Gasteiger partial charge < -0.3 is 15.0 Å². The fraction of sp³-hybridized carbons (Fsp3) is 0.438. The Morgan fingerprint density at radius 2 is 2.12 bits per heavy atom. The fourth-order valence-corrected chi connectivity index (χ4v) is 2.58. The first-order chi connectivity index (χ1) is 11.6. The molecule has 0 saturated carbocycles. The maximum atomic E-state index is 12.0. The largest absolute Gasteiger partial charge is 0.497 e. The molecule has 0 aromatic heterocycles. The summed E-state index contributed by atoms with van der Waals surface area (Å²) in [5.41, 5.74) is 5.87. The van der Waals surface area contributed by atoms with Crippen molar-refractivity contribution in [1.29, 1.82) is 0 Å². The van der Waals surface area contributed by atoms with E-state index in [0.717, 1.165) is 24.9 Å². The van der Waals surface area contributed by atoms with Crippen molar-refractivity contribution in [2.24, 2.45) is 0 Å². The summed E-state index contributed by atoms with van der Waals surface area (Å²) in [5.74, 6) is 0.422. The molecule has 1 heterocycles. The van der Waals surface area contributed by atoms with Gasteiger partial charge in [-0.25, -0.2) is 0 Å². The van der Waals surface area contributed by atoms with E-state index in [-0.39, 0.29) is 23.5 Å². The van der Waals surface area contributed by atoms with Gasteiger partial charge in [0.1, 0.15) is 12.3 Å². The van der Waals surface area contributed by atoms with Crippen molar-refractivity contribution in [3.8, 4) is 5.75 Å². The monoisotopic (exact) mass is 350 g/mol. The first-order valence-corrected chi connectivity index (χ1v) is 8.27. The van der Waals surface area contributed by atoms with Crippen LogP contribution in [0.15, 0.2) is 24.3 Å². The number of nitrogens with zero attached hydrogens (tertiary/aromatic N) is 1. The SMILES string of the molecule is COc1cccc(NC(=S)NNC(=O)CN2CCCCCC2=O)c1. The fourth-order valence-electron chi connectivity index (χ4n) is 2.41. The zero-order valence-corrected chi connectivity index (χ0v) is 14.4. The number of hydrogen-bond acceptors (Lipinski definition) is 4. The minimum Gasteiger partial charge on any atom is -0.497 e. The number of anilines is 1. The van der Waals surface area contributed by atoms with Crippen LogP contribution >= 0.6 is 12.2 Å². The molecule has 0 aliphatic carbocycles. The van der Waals surface area contributed by atoms with Crippen LogP contribution in [0.25, 0.3) is 0 Å². The Morgan fingerprint density at radius 3 is 2.92 bits per heavy atom. The molecule has 0 bridgehead atoms. The van der Waals surface area contributed by atoms with Crippen molar-refractivity contribution in [2.75, 3.05) is 25.5 Å². The number of carbonyl (C=O) groups excluding carboxylic acids is 2. The molecule has 24 heavy (non-hydrogen) atoms. The third-order valence-electron chi connectivity index (χ3n) is 3.65. The predicted molar refractivity (Wildman–Crippen MR) is 95.5 cm³/mol. The van der Waals surface area contributed by atoms with Gasteiger partial charge in [0.2, 0.25) is 5.91 Å². The number of benzene rings is 1. The average molecular weight is 350 g/mol. The van der Waals surface area contributed by atoms with Crippen molar-refractivity contribution in [3.63, 3.8) is 0 Å². The van der Waals surface area contributed by atoms with E-state index >= 15 is 0 Å². The smallest absolute Gasteiger partial charge is 0.257 e. The number of hydrazine groups is 1. The van der Waals surface area contributed by atoms with Crippen LogP contribution in [0, 0.1) is 0 Å². The number of ether oxygens (including phenoxy) is 1. The lowest BCUT2D eigenvalue weighted by Crippen LogP contribution is -2.48. The van der Waals surface area contributed by atoms with Gasteiger partial charge in [0, 0.05) is 24.7 Å². The summed E-state index contributed by atoms with van der Waals surface area (Å²) in [4.78, 5) is 25.4. The van der Waals surface area contributed by atoms with Gasteiger partial charge in [0.15, 0.2) is 5.11 Å². The van der Waals surface area contributed by atoms with Crippen LogP contribution in [0.4, 0.5) is 5.69 Å². The van der Waals surface area contributed by atoms with E-state index in [1.54, 1.807) is 18.1 Å². The molecule has 1 aromatic carbocycles. The molecule has 7 nitrogen and oxygen atoms in total. The van der Waals surface area contributed by atoms with Crippen molar-refractivity contribution >= 4 is 34.8 Å². The maximum Gasteiger partial charge on any atom is 0.257 e. The predicted octanol–water partition coefficient (Wildman–Crippen LogP) is 1.42. The summed E-state index contributed by atoms with van der Waals surface area (Å²) in [5, 5.41) is 3.19. The lowest BCUT2D eigenvalue weighted by Gasteiger charge is -2.20. The standard InChI is InChI=1S/C16H22N4O3S/c1-23-13-7-5-6-12(10-13)17-16(24)19-18-14(21)11-20-9-4-2-3-8-15(20)22/h5-7,10H,2-4,8-9,11H2,1H3,(H,18,21)(H2,17,19,24). The second kappa shape index (κ2) is 9.07. The molecule has 2 amide bonds. The molecule has 1 aliphatic rings. The minimum absolute atomic E-state index is 0.0275. The number of amides is 2. The molecule has 1 fully saturated rings. The molecule has 1 saturated heterocycles. The van der Waals surface area contributed by atoms with Gasteiger partial charge in [-0.1, -0.05) is 12.5 Å². The summed E-state index contributed by atoms with van der Waals surface area (Å²) < 4.78 is 5.13. The van der Waals surface area contributed by atoms with Gasteiger partial charge >= 0.3 is 0 Å². The normalized spacial score (nSPS) is 14.5. The number of methoxy groups -OCH3 is 1. The van der Waals surface area contributed by atoms with E-state index in [4.69, 9.17) is 17.0 Å². The molecule has 0 radical (unpaired) electrons. The highest BCUT2D eigenvalue weighted by Crippen LogP contribution is 2.16. The van der Waals surface area contributed by atoms with Gasteiger partial charge in [0.05, 0.1) is 7.11 Å². The molecule has 3 N–H and O–H groups in total. The Morgan fingerprint density at radius 1 is 1.29 bits per heavy atom. The van der Waals surface area contributed by atoms with Crippen molar-refractivity contribution in [3.05, 3.63) is 24.3 Å². The van der Waals surface area contributed by atoms with Crippen molar-refractivity contribution in [1.82, 2.24) is 15.8 Å².